The van der Waals surface area contributed by atoms with Crippen molar-refractivity contribution in [1.29, 1.82) is 5.41 Å². The molecule has 4 rings (SSSR count). The van der Waals surface area contributed by atoms with E-state index in [1.54, 1.807) is 0 Å². The number of nitrogens with one attached hydrogen (secondary N) is 2. The summed E-state index contributed by atoms with van der Waals surface area (Å²) < 4.78 is 5.53. The highest BCUT2D eigenvalue weighted by Crippen LogP contribution is 2.21. The molecule has 0 atom stereocenters. The molecule has 33 heavy (non-hydrogen) atoms. The molecular weight excluding hydrogens is 418 g/mol. The van der Waals surface area contributed by atoms with Crippen molar-refractivity contribution in [2.24, 2.45) is 0 Å². The van der Waals surface area contributed by atoms with Crippen molar-refractivity contribution in [3.8, 4) is 11.3 Å². The van der Waals surface area contributed by atoms with Crippen LogP contribution in [0.25, 0.3) is 11.3 Å². The molecule has 1 saturated heterocycles. The van der Waals surface area contributed by atoms with Crippen molar-refractivity contribution >= 4 is 11.8 Å². The van der Waals surface area contributed by atoms with Crippen molar-refractivity contribution in [1.82, 2.24) is 20.3 Å². The first-order valence-corrected chi connectivity index (χ1v) is 11.2. The Labute approximate surface area is 193 Å². The van der Waals surface area contributed by atoms with Crippen LogP contribution in [0.15, 0.2) is 65.2 Å². The Morgan fingerprint density at radius 3 is 2.42 bits per heavy atom. The fraction of sp³-hybridized carbons (Fsp3) is 0.320. The average molecular weight is 448 g/mol. The summed E-state index contributed by atoms with van der Waals surface area (Å²) in [4.78, 5) is 15.0. The van der Waals surface area contributed by atoms with Gasteiger partial charge in [0.25, 0.3) is 0 Å². The SMILES string of the molecule is N=C(NCCc1ccccc1)c1ccc(-c2cc(CN3CCN(CC(=O)O)CC3)on2)cc1. The number of carbonyl (C=O) groups is 1. The second kappa shape index (κ2) is 10.9. The van der Waals surface area contributed by atoms with Crippen LogP contribution in [-0.4, -0.2) is 71.1 Å². The Hall–Kier alpha value is -3.49. The van der Waals surface area contributed by atoms with Gasteiger partial charge in [-0.25, -0.2) is 0 Å². The number of hydrogen-bond donors (Lipinski definition) is 3. The first-order valence-electron chi connectivity index (χ1n) is 11.2. The van der Waals surface area contributed by atoms with Gasteiger partial charge in [-0.2, -0.15) is 0 Å². The highest BCUT2D eigenvalue weighted by molar-refractivity contribution is 5.96. The molecule has 2 aromatic carbocycles. The molecule has 0 unspecified atom stereocenters. The summed E-state index contributed by atoms with van der Waals surface area (Å²) in [6, 6.07) is 19.9. The topological polar surface area (TPSA) is 106 Å². The minimum absolute atomic E-state index is 0.0936. The molecule has 1 aromatic heterocycles. The zero-order chi connectivity index (χ0) is 23.0. The van der Waals surface area contributed by atoms with Gasteiger partial charge in [0.1, 0.15) is 11.5 Å². The van der Waals surface area contributed by atoms with E-state index in [9.17, 15) is 4.79 Å². The van der Waals surface area contributed by atoms with Crippen LogP contribution in [-0.2, 0) is 17.8 Å². The molecule has 172 valence electrons. The average Bonchev–Trinajstić information content (AvgIpc) is 3.29. The highest BCUT2D eigenvalue weighted by Gasteiger charge is 2.20. The number of carboxylic acids is 1. The first kappa shape index (κ1) is 22.7. The summed E-state index contributed by atoms with van der Waals surface area (Å²) in [5.41, 5.74) is 3.79. The molecule has 3 N–H and O–H groups in total. The predicted octanol–water partition coefficient (Wildman–Crippen LogP) is 2.70. The second-order valence-electron chi connectivity index (χ2n) is 8.24. The van der Waals surface area contributed by atoms with Crippen molar-refractivity contribution < 1.29 is 14.4 Å². The van der Waals surface area contributed by atoms with E-state index in [2.05, 4.69) is 27.5 Å². The van der Waals surface area contributed by atoms with E-state index in [1.807, 2.05) is 53.4 Å². The van der Waals surface area contributed by atoms with Crippen LogP contribution < -0.4 is 5.32 Å². The third kappa shape index (κ3) is 6.50. The number of aromatic nitrogens is 1. The number of aliphatic carboxylic acids is 1. The van der Waals surface area contributed by atoms with Gasteiger partial charge >= 0.3 is 5.97 Å². The summed E-state index contributed by atoms with van der Waals surface area (Å²) in [5.74, 6) is 0.406. The summed E-state index contributed by atoms with van der Waals surface area (Å²) in [7, 11) is 0. The van der Waals surface area contributed by atoms with Crippen molar-refractivity contribution in [3.63, 3.8) is 0 Å². The Balaban J connectivity index is 1.26. The van der Waals surface area contributed by atoms with Gasteiger partial charge in [0.15, 0.2) is 5.76 Å². The molecule has 1 aliphatic heterocycles. The maximum Gasteiger partial charge on any atom is 0.317 e. The molecule has 3 aromatic rings. The zero-order valence-electron chi connectivity index (χ0n) is 18.5. The van der Waals surface area contributed by atoms with Gasteiger partial charge in [0.2, 0.25) is 0 Å². The highest BCUT2D eigenvalue weighted by atomic mass is 16.5. The maximum absolute atomic E-state index is 10.8. The van der Waals surface area contributed by atoms with Gasteiger partial charge in [-0.05, 0) is 12.0 Å². The third-order valence-corrected chi connectivity index (χ3v) is 5.79. The van der Waals surface area contributed by atoms with Gasteiger partial charge in [0.05, 0.1) is 13.1 Å². The standard InChI is InChI=1S/C25H29N5O3/c26-25(27-11-10-19-4-2-1-3-5-19)21-8-6-20(7-9-21)23-16-22(33-28-23)17-29-12-14-30(15-13-29)18-24(31)32/h1-9,16H,10-15,17-18H2,(H2,26,27)(H,31,32). The number of rotatable bonds is 9. The number of piperazine rings is 1. The van der Waals surface area contributed by atoms with Crippen LogP contribution in [0.4, 0.5) is 0 Å². The van der Waals surface area contributed by atoms with Gasteiger partial charge in [0, 0.05) is 49.9 Å². The molecule has 0 bridgehead atoms. The van der Waals surface area contributed by atoms with Crippen LogP contribution in [0.3, 0.4) is 0 Å². The van der Waals surface area contributed by atoms with Crippen molar-refractivity contribution in [2.75, 3.05) is 39.3 Å². The van der Waals surface area contributed by atoms with Gasteiger partial charge in [-0.1, -0.05) is 59.8 Å². The van der Waals surface area contributed by atoms with E-state index in [0.29, 0.717) is 18.9 Å². The van der Waals surface area contributed by atoms with Gasteiger partial charge < -0.3 is 14.9 Å². The number of amidine groups is 1. The maximum atomic E-state index is 10.8. The normalized spacial score (nSPS) is 14.8. The first-order chi connectivity index (χ1) is 16.1. The minimum atomic E-state index is -0.785. The van der Waals surface area contributed by atoms with E-state index in [4.69, 9.17) is 15.0 Å². The lowest BCUT2D eigenvalue weighted by Crippen LogP contribution is -2.47. The summed E-state index contributed by atoms with van der Waals surface area (Å²) in [6.07, 6.45) is 0.873. The number of hydrogen-bond acceptors (Lipinski definition) is 6. The summed E-state index contributed by atoms with van der Waals surface area (Å²) in [6.45, 7) is 4.54. The van der Waals surface area contributed by atoms with Crippen LogP contribution in [0.1, 0.15) is 16.9 Å². The summed E-state index contributed by atoms with van der Waals surface area (Å²) in [5, 5.41) is 24.6. The molecule has 0 spiro atoms. The van der Waals surface area contributed by atoms with E-state index in [1.165, 1.54) is 5.56 Å². The minimum Gasteiger partial charge on any atom is -0.480 e. The van der Waals surface area contributed by atoms with Gasteiger partial charge in [-0.15, -0.1) is 0 Å². The lowest BCUT2D eigenvalue weighted by molar-refractivity contribution is -0.138. The monoisotopic (exact) mass is 447 g/mol. The lowest BCUT2D eigenvalue weighted by atomic mass is 10.1. The summed E-state index contributed by atoms with van der Waals surface area (Å²) >= 11 is 0. The second-order valence-corrected chi connectivity index (χ2v) is 8.24. The Morgan fingerprint density at radius 2 is 1.73 bits per heavy atom. The largest absolute Gasteiger partial charge is 0.480 e. The fourth-order valence-corrected chi connectivity index (χ4v) is 3.93. The number of benzene rings is 2. The molecule has 0 radical (unpaired) electrons. The molecule has 0 amide bonds. The zero-order valence-corrected chi connectivity index (χ0v) is 18.5. The van der Waals surface area contributed by atoms with Crippen LogP contribution in [0, 0.1) is 5.41 Å². The molecule has 0 saturated carbocycles. The van der Waals surface area contributed by atoms with Gasteiger partial charge in [-0.3, -0.25) is 20.0 Å². The molecule has 1 fully saturated rings. The van der Waals surface area contributed by atoms with E-state index in [-0.39, 0.29) is 6.54 Å². The fourth-order valence-electron chi connectivity index (χ4n) is 3.93. The molecule has 2 heterocycles. The van der Waals surface area contributed by atoms with Crippen LogP contribution in [0.2, 0.25) is 0 Å². The van der Waals surface area contributed by atoms with E-state index < -0.39 is 5.97 Å². The Morgan fingerprint density at radius 1 is 1.03 bits per heavy atom. The third-order valence-electron chi connectivity index (χ3n) is 5.79. The van der Waals surface area contributed by atoms with E-state index in [0.717, 1.165) is 55.2 Å². The molecule has 1 aliphatic rings. The Bertz CT molecular complexity index is 1060. The van der Waals surface area contributed by atoms with E-state index >= 15 is 0 Å². The smallest absolute Gasteiger partial charge is 0.317 e. The van der Waals surface area contributed by atoms with Crippen LogP contribution >= 0.6 is 0 Å². The van der Waals surface area contributed by atoms with Crippen molar-refractivity contribution in [3.05, 3.63) is 77.6 Å². The number of carboxylic acid groups (broad SMARTS) is 1. The van der Waals surface area contributed by atoms with Crippen molar-refractivity contribution in [2.45, 2.75) is 13.0 Å². The Kier molecular flexibility index (Phi) is 7.49. The molecule has 8 heteroatoms. The lowest BCUT2D eigenvalue weighted by Gasteiger charge is -2.33. The molecule has 8 nitrogen and oxygen atoms in total. The quantitative estimate of drug-likeness (QED) is 0.342. The number of nitrogens with zero attached hydrogens (tertiary/aromatic N) is 3. The molecular formula is C25H29N5O3. The predicted molar refractivity (Wildman–Crippen MR) is 126 cm³/mol. The molecule has 0 aliphatic carbocycles. The van der Waals surface area contributed by atoms with Crippen LogP contribution in [0.5, 0.6) is 0 Å².